The van der Waals surface area contributed by atoms with Gasteiger partial charge in [-0.15, -0.1) is 22.7 Å². The summed E-state index contributed by atoms with van der Waals surface area (Å²) >= 11 is 3.11. The van der Waals surface area contributed by atoms with Crippen LogP contribution in [0.4, 0.5) is 4.79 Å². The number of thiazole rings is 1. The minimum absolute atomic E-state index is 0.132. The molecule has 7 nitrogen and oxygen atoms in total. The molecule has 4 heterocycles. The van der Waals surface area contributed by atoms with Crippen LogP contribution in [0, 0.1) is 0 Å². The van der Waals surface area contributed by atoms with Crippen LogP contribution in [0.2, 0.25) is 0 Å². The van der Waals surface area contributed by atoms with E-state index in [-0.39, 0.29) is 19.2 Å². The van der Waals surface area contributed by atoms with E-state index in [1.165, 1.54) is 16.2 Å². The zero-order valence-electron chi connectivity index (χ0n) is 14.8. The summed E-state index contributed by atoms with van der Waals surface area (Å²) in [5.41, 5.74) is 0.173. The van der Waals surface area contributed by atoms with Crippen LogP contribution in [-0.2, 0) is 16.9 Å². The Morgan fingerprint density at radius 3 is 2.89 bits per heavy atom. The fourth-order valence-electron chi connectivity index (χ4n) is 3.30. The van der Waals surface area contributed by atoms with Crippen molar-refractivity contribution in [3.05, 3.63) is 52.3 Å². The Bertz CT molecular complexity index is 1080. The number of hydrogen-bond donors (Lipinski definition) is 1. The van der Waals surface area contributed by atoms with Gasteiger partial charge < -0.3 is 14.8 Å². The van der Waals surface area contributed by atoms with Crippen LogP contribution in [0.5, 0.6) is 11.5 Å². The largest absolute Gasteiger partial charge is 0.454 e. The van der Waals surface area contributed by atoms with Crippen LogP contribution in [0.3, 0.4) is 0 Å². The number of thiophene rings is 1. The standard InChI is InChI=1S/C19H15N3O4S2/c1-19(11-4-5-13-14(7-11)26-10-25-13)17(23)22(18(24)21-19)8-12-9-28-16(20-12)15-3-2-6-27-15/h2-7,9H,8,10H2,1H3,(H,21,24). The Labute approximate surface area is 168 Å². The molecule has 0 aliphatic carbocycles. The third kappa shape index (κ3) is 2.66. The van der Waals surface area contributed by atoms with E-state index in [4.69, 9.17) is 9.47 Å². The number of carbonyl (C=O) groups excluding carboxylic acids is 2. The second-order valence-electron chi connectivity index (χ2n) is 6.64. The maximum absolute atomic E-state index is 13.1. The molecule has 1 atom stereocenters. The van der Waals surface area contributed by atoms with Crippen LogP contribution in [0.1, 0.15) is 18.2 Å². The van der Waals surface area contributed by atoms with Crippen molar-refractivity contribution in [2.45, 2.75) is 19.0 Å². The summed E-state index contributed by atoms with van der Waals surface area (Å²) in [7, 11) is 0. The number of fused-ring (bicyclic) bond motifs is 1. The van der Waals surface area contributed by atoms with Gasteiger partial charge in [-0.2, -0.15) is 0 Å². The zero-order valence-corrected chi connectivity index (χ0v) is 16.4. The van der Waals surface area contributed by atoms with E-state index in [1.54, 1.807) is 36.5 Å². The summed E-state index contributed by atoms with van der Waals surface area (Å²) in [6.07, 6.45) is 0. The van der Waals surface area contributed by atoms with Gasteiger partial charge in [-0.25, -0.2) is 9.78 Å². The second-order valence-corrected chi connectivity index (χ2v) is 8.44. The molecule has 0 saturated carbocycles. The highest BCUT2D eigenvalue weighted by Crippen LogP contribution is 2.38. The summed E-state index contributed by atoms with van der Waals surface area (Å²) in [6, 6.07) is 8.79. The van der Waals surface area contributed by atoms with Crippen LogP contribution in [0.25, 0.3) is 9.88 Å². The SMILES string of the molecule is CC1(c2ccc3c(c2)OCO3)NC(=O)N(Cc2csc(-c3cccs3)n2)C1=O. The molecule has 9 heteroatoms. The highest BCUT2D eigenvalue weighted by Gasteiger charge is 2.49. The summed E-state index contributed by atoms with van der Waals surface area (Å²) in [5.74, 6) is 0.880. The number of hydrogen-bond acceptors (Lipinski definition) is 7. The molecule has 1 N–H and O–H groups in total. The molecule has 1 aromatic carbocycles. The lowest BCUT2D eigenvalue weighted by molar-refractivity contribution is -0.131. The summed E-state index contributed by atoms with van der Waals surface area (Å²) in [4.78, 5) is 32.5. The normalized spacial score (nSPS) is 20.7. The minimum atomic E-state index is -1.16. The number of rotatable bonds is 4. The number of benzene rings is 1. The molecule has 142 valence electrons. The highest BCUT2D eigenvalue weighted by molar-refractivity contribution is 7.20. The van der Waals surface area contributed by atoms with Crippen LogP contribution < -0.4 is 14.8 Å². The number of amides is 3. The quantitative estimate of drug-likeness (QED) is 0.662. The van der Waals surface area contributed by atoms with E-state index in [2.05, 4.69) is 10.3 Å². The molecule has 0 bridgehead atoms. The van der Waals surface area contributed by atoms with Gasteiger partial charge in [0.2, 0.25) is 6.79 Å². The van der Waals surface area contributed by atoms with Gasteiger partial charge in [0.05, 0.1) is 17.1 Å². The first kappa shape index (κ1) is 17.2. The Morgan fingerprint density at radius 1 is 1.21 bits per heavy atom. The topological polar surface area (TPSA) is 80.8 Å². The van der Waals surface area contributed by atoms with E-state index in [0.717, 1.165) is 9.88 Å². The van der Waals surface area contributed by atoms with Crippen molar-refractivity contribution < 1.29 is 19.1 Å². The molecule has 1 fully saturated rings. The Kier molecular flexibility index (Phi) is 3.88. The van der Waals surface area contributed by atoms with Gasteiger partial charge in [-0.3, -0.25) is 9.69 Å². The molecular formula is C19H15N3O4S2. The minimum Gasteiger partial charge on any atom is -0.454 e. The predicted molar refractivity (Wildman–Crippen MR) is 104 cm³/mol. The molecule has 28 heavy (non-hydrogen) atoms. The van der Waals surface area contributed by atoms with Crippen LogP contribution >= 0.6 is 22.7 Å². The number of nitrogens with one attached hydrogen (secondary N) is 1. The lowest BCUT2D eigenvalue weighted by Gasteiger charge is -2.22. The number of nitrogens with zero attached hydrogens (tertiary/aromatic N) is 2. The molecule has 3 aromatic rings. The molecule has 1 unspecified atom stereocenters. The van der Waals surface area contributed by atoms with Crippen molar-refractivity contribution >= 4 is 34.6 Å². The van der Waals surface area contributed by atoms with Crippen molar-refractivity contribution in [1.82, 2.24) is 15.2 Å². The first-order valence-electron chi connectivity index (χ1n) is 8.57. The number of carbonyl (C=O) groups is 2. The lowest BCUT2D eigenvalue weighted by Crippen LogP contribution is -2.40. The monoisotopic (exact) mass is 413 g/mol. The summed E-state index contributed by atoms with van der Waals surface area (Å²) < 4.78 is 10.7. The van der Waals surface area contributed by atoms with Crippen LogP contribution in [-0.4, -0.2) is 28.6 Å². The molecule has 3 amide bonds. The fraction of sp³-hybridized carbons (Fsp3) is 0.211. The van der Waals surface area contributed by atoms with Gasteiger partial charge in [0, 0.05) is 5.38 Å². The molecule has 0 spiro atoms. The first-order valence-corrected chi connectivity index (χ1v) is 10.3. The predicted octanol–water partition coefficient (Wildman–Crippen LogP) is 3.57. The van der Waals surface area contributed by atoms with Crippen molar-refractivity contribution in [3.8, 4) is 21.4 Å². The average Bonchev–Trinajstić information content (AvgIpc) is 3.47. The third-order valence-electron chi connectivity index (χ3n) is 4.83. The summed E-state index contributed by atoms with van der Waals surface area (Å²) in [6.45, 7) is 1.98. The molecule has 1 saturated heterocycles. The van der Waals surface area contributed by atoms with Gasteiger partial charge in [-0.05, 0) is 36.1 Å². The van der Waals surface area contributed by atoms with Crippen molar-refractivity contribution in [2.24, 2.45) is 0 Å². The molecular weight excluding hydrogens is 398 g/mol. The van der Waals surface area contributed by atoms with Crippen molar-refractivity contribution in [3.63, 3.8) is 0 Å². The van der Waals surface area contributed by atoms with E-state index >= 15 is 0 Å². The Balaban J connectivity index is 1.40. The maximum atomic E-state index is 13.1. The number of aromatic nitrogens is 1. The van der Waals surface area contributed by atoms with Crippen LogP contribution in [0.15, 0.2) is 41.1 Å². The molecule has 5 rings (SSSR count). The highest BCUT2D eigenvalue weighted by atomic mass is 32.1. The third-order valence-corrected chi connectivity index (χ3v) is 6.76. The van der Waals surface area contributed by atoms with E-state index in [1.807, 2.05) is 22.9 Å². The average molecular weight is 413 g/mol. The van der Waals surface area contributed by atoms with E-state index in [9.17, 15) is 9.59 Å². The molecule has 0 radical (unpaired) electrons. The fourth-order valence-corrected chi connectivity index (χ4v) is 4.92. The Hall–Kier alpha value is -2.91. The molecule has 2 aliphatic heterocycles. The van der Waals surface area contributed by atoms with Gasteiger partial charge >= 0.3 is 6.03 Å². The number of ether oxygens (including phenoxy) is 2. The van der Waals surface area contributed by atoms with Gasteiger partial charge in [0.15, 0.2) is 11.5 Å². The first-order chi connectivity index (χ1) is 13.5. The van der Waals surface area contributed by atoms with Gasteiger partial charge in [0.25, 0.3) is 5.91 Å². The van der Waals surface area contributed by atoms with Gasteiger partial charge in [-0.1, -0.05) is 12.1 Å². The number of imide groups is 1. The molecule has 2 aliphatic rings. The molecule has 2 aromatic heterocycles. The van der Waals surface area contributed by atoms with Crippen molar-refractivity contribution in [2.75, 3.05) is 6.79 Å². The second kappa shape index (κ2) is 6.32. The zero-order chi connectivity index (χ0) is 19.3. The van der Waals surface area contributed by atoms with Gasteiger partial charge in [0.1, 0.15) is 10.5 Å². The Morgan fingerprint density at radius 2 is 2.07 bits per heavy atom. The van der Waals surface area contributed by atoms with E-state index < -0.39 is 11.6 Å². The summed E-state index contributed by atoms with van der Waals surface area (Å²) in [5, 5.41) is 7.57. The smallest absolute Gasteiger partial charge is 0.325 e. The maximum Gasteiger partial charge on any atom is 0.325 e. The lowest BCUT2D eigenvalue weighted by atomic mass is 9.91. The van der Waals surface area contributed by atoms with Crippen molar-refractivity contribution in [1.29, 1.82) is 0 Å². The van der Waals surface area contributed by atoms with E-state index in [0.29, 0.717) is 22.8 Å². The number of urea groups is 1.